The molecule has 4 nitrogen and oxygen atoms in total. The Hall–Kier alpha value is -1.46. The summed E-state index contributed by atoms with van der Waals surface area (Å²) in [7, 11) is 0. The Morgan fingerprint density at radius 3 is 2.80 bits per heavy atom. The van der Waals surface area contributed by atoms with Gasteiger partial charge in [0.05, 0.1) is 5.41 Å². The molecule has 0 saturated carbocycles. The fourth-order valence-corrected chi connectivity index (χ4v) is 4.69. The second-order valence-electron chi connectivity index (χ2n) is 7.93. The molecule has 1 spiro atoms. The first kappa shape index (κ1) is 17.0. The Morgan fingerprint density at radius 2 is 2.00 bits per heavy atom. The average Bonchev–Trinajstić information content (AvgIpc) is 3.15. The number of halogens is 1. The molecule has 1 unspecified atom stereocenters. The zero-order valence-corrected chi connectivity index (χ0v) is 14.8. The molecule has 1 amide bonds. The highest BCUT2D eigenvalue weighted by atomic mass is 19.1. The summed E-state index contributed by atoms with van der Waals surface area (Å²) in [4.78, 5) is 17.5. The van der Waals surface area contributed by atoms with E-state index in [0.717, 1.165) is 70.6 Å². The fraction of sp³-hybridized carbons (Fsp3) is 0.650. The van der Waals surface area contributed by atoms with E-state index in [-0.39, 0.29) is 17.1 Å². The number of likely N-dealkylation sites (tertiary alicyclic amines) is 2. The maximum absolute atomic E-state index is 13.4. The Labute approximate surface area is 148 Å². The molecule has 0 aromatic heterocycles. The summed E-state index contributed by atoms with van der Waals surface area (Å²) < 4.78 is 18.8. The van der Waals surface area contributed by atoms with Crippen LogP contribution >= 0.6 is 0 Å². The predicted molar refractivity (Wildman–Crippen MR) is 93.5 cm³/mol. The van der Waals surface area contributed by atoms with E-state index < -0.39 is 0 Å². The number of hydrogen-bond donors (Lipinski definition) is 0. The standard InChI is InChI=1S/C20H27FN2O2/c21-18-3-1-2-17(12-18)14-23-9-7-20(19(23)24)6-8-22(15-20)13-16-4-10-25-11-5-16/h1-3,12,16H,4-11,13-15H2. The van der Waals surface area contributed by atoms with Crippen molar-refractivity contribution >= 4 is 5.91 Å². The molecule has 1 atom stereocenters. The van der Waals surface area contributed by atoms with Crippen molar-refractivity contribution in [1.82, 2.24) is 9.80 Å². The summed E-state index contributed by atoms with van der Waals surface area (Å²) in [6.07, 6.45) is 4.19. The molecule has 0 bridgehead atoms. The fourth-order valence-electron chi connectivity index (χ4n) is 4.69. The van der Waals surface area contributed by atoms with Gasteiger partial charge in [0.2, 0.25) is 5.91 Å². The van der Waals surface area contributed by atoms with Crippen molar-refractivity contribution in [1.29, 1.82) is 0 Å². The summed E-state index contributed by atoms with van der Waals surface area (Å²) >= 11 is 0. The minimum Gasteiger partial charge on any atom is -0.381 e. The molecule has 136 valence electrons. The molecule has 4 rings (SSSR count). The van der Waals surface area contributed by atoms with Crippen LogP contribution in [0.25, 0.3) is 0 Å². The van der Waals surface area contributed by atoms with Gasteiger partial charge in [-0.25, -0.2) is 4.39 Å². The van der Waals surface area contributed by atoms with Crippen molar-refractivity contribution in [3.63, 3.8) is 0 Å². The van der Waals surface area contributed by atoms with E-state index in [1.807, 2.05) is 11.0 Å². The van der Waals surface area contributed by atoms with E-state index in [4.69, 9.17) is 4.74 Å². The smallest absolute Gasteiger partial charge is 0.230 e. The third-order valence-corrected chi connectivity index (χ3v) is 6.15. The van der Waals surface area contributed by atoms with E-state index >= 15 is 0 Å². The first-order valence-electron chi connectivity index (χ1n) is 9.49. The molecule has 3 saturated heterocycles. The summed E-state index contributed by atoms with van der Waals surface area (Å²) in [6.45, 7) is 6.09. The third kappa shape index (κ3) is 3.58. The van der Waals surface area contributed by atoms with Crippen LogP contribution in [-0.4, -0.2) is 55.1 Å². The lowest BCUT2D eigenvalue weighted by Gasteiger charge is -2.28. The first-order valence-corrected chi connectivity index (χ1v) is 9.49. The van der Waals surface area contributed by atoms with Crippen LogP contribution in [0.1, 0.15) is 31.2 Å². The lowest BCUT2D eigenvalue weighted by molar-refractivity contribution is -0.136. The quantitative estimate of drug-likeness (QED) is 0.840. The topological polar surface area (TPSA) is 32.8 Å². The van der Waals surface area contributed by atoms with Crippen LogP contribution < -0.4 is 0 Å². The highest BCUT2D eigenvalue weighted by Crippen LogP contribution is 2.41. The van der Waals surface area contributed by atoms with Gasteiger partial charge in [-0.15, -0.1) is 0 Å². The van der Waals surface area contributed by atoms with E-state index in [1.54, 1.807) is 6.07 Å². The minimum atomic E-state index is -0.234. The number of ether oxygens (including phenoxy) is 1. The van der Waals surface area contributed by atoms with Gasteiger partial charge in [-0.05, 0) is 55.8 Å². The number of carbonyl (C=O) groups is 1. The Kier molecular flexibility index (Phi) is 4.78. The third-order valence-electron chi connectivity index (χ3n) is 6.15. The maximum Gasteiger partial charge on any atom is 0.230 e. The Bertz CT molecular complexity index is 632. The monoisotopic (exact) mass is 346 g/mol. The average molecular weight is 346 g/mol. The molecule has 25 heavy (non-hydrogen) atoms. The summed E-state index contributed by atoms with van der Waals surface area (Å²) in [5, 5.41) is 0. The molecule has 1 aromatic carbocycles. The molecule has 5 heteroatoms. The van der Waals surface area contributed by atoms with Crippen molar-refractivity contribution < 1.29 is 13.9 Å². The van der Waals surface area contributed by atoms with Gasteiger partial charge in [0, 0.05) is 39.4 Å². The SMILES string of the molecule is O=C1N(Cc2cccc(F)c2)CCC12CCN(CC1CCOCC1)C2. The molecule has 0 aliphatic carbocycles. The Balaban J connectivity index is 1.36. The number of benzene rings is 1. The summed E-state index contributed by atoms with van der Waals surface area (Å²) in [5.74, 6) is 0.748. The van der Waals surface area contributed by atoms with Crippen LogP contribution in [0.3, 0.4) is 0 Å². The molecule has 0 radical (unpaired) electrons. The summed E-state index contributed by atoms with van der Waals surface area (Å²) in [5.41, 5.74) is 0.681. The maximum atomic E-state index is 13.4. The second-order valence-corrected chi connectivity index (χ2v) is 7.93. The molecular weight excluding hydrogens is 319 g/mol. The van der Waals surface area contributed by atoms with Gasteiger partial charge in [0.15, 0.2) is 0 Å². The molecule has 3 aliphatic rings. The van der Waals surface area contributed by atoms with E-state index in [2.05, 4.69) is 4.90 Å². The first-order chi connectivity index (χ1) is 12.1. The molecule has 3 heterocycles. The second kappa shape index (κ2) is 7.04. The largest absolute Gasteiger partial charge is 0.381 e. The van der Waals surface area contributed by atoms with Crippen LogP contribution in [0.5, 0.6) is 0 Å². The lowest BCUT2D eigenvalue weighted by atomic mass is 9.85. The van der Waals surface area contributed by atoms with Crippen LogP contribution in [0.4, 0.5) is 4.39 Å². The molecule has 3 fully saturated rings. The van der Waals surface area contributed by atoms with Crippen LogP contribution in [0, 0.1) is 17.2 Å². The van der Waals surface area contributed by atoms with E-state index in [9.17, 15) is 9.18 Å². The number of rotatable bonds is 4. The predicted octanol–water partition coefficient (Wildman–Crippen LogP) is 2.68. The highest BCUT2D eigenvalue weighted by molar-refractivity contribution is 5.85. The lowest BCUT2D eigenvalue weighted by Crippen LogP contribution is -2.38. The molecule has 1 aromatic rings. The molecule has 0 N–H and O–H groups in total. The van der Waals surface area contributed by atoms with Gasteiger partial charge in [-0.2, -0.15) is 0 Å². The van der Waals surface area contributed by atoms with Crippen LogP contribution in [0.15, 0.2) is 24.3 Å². The number of carbonyl (C=O) groups excluding carboxylic acids is 1. The van der Waals surface area contributed by atoms with Gasteiger partial charge in [-0.3, -0.25) is 4.79 Å². The van der Waals surface area contributed by atoms with Crippen LogP contribution in [0.2, 0.25) is 0 Å². The molecular formula is C20H27FN2O2. The van der Waals surface area contributed by atoms with Gasteiger partial charge < -0.3 is 14.5 Å². The summed E-state index contributed by atoms with van der Waals surface area (Å²) in [6, 6.07) is 6.59. The molecule has 3 aliphatic heterocycles. The van der Waals surface area contributed by atoms with Crippen molar-refractivity contribution in [2.24, 2.45) is 11.3 Å². The van der Waals surface area contributed by atoms with Gasteiger partial charge in [0.1, 0.15) is 5.82 Å². The van der Waals surface area contributed by atoms with Crippen molar-refractivity contribution in [2.75, 3.05) is 39.4 Å². The van der Waals surface area contributed by atoms with Gasteiger partial charge in [-0.1, -0.05) is 12.1 Å². The number of amides is 1. The number of nitrogens with zero attached hydrogens (tertiary/aromatic N) is 2. The van der Waals surface area contributed by atoms with E-state index in [0.29, 0.717) is 12.5 Å². The Morgan fingerprint density at radius 1 is 1.20 bits per heavy atom. The van der Waals surface area contributed by atoms with Crippen molar-refractivity contribution in [3.8, 4) is 0 Å². The zero-order valence-electron chi connectivity index (χ0n) is 14.8. The zero-order chi connectivity index (χ0) is 17.3. The van der Waals surface area contributed by atoms with Crippen LogP contribution in [-0.2, 0) is 16.1 Å². The number of hydrogen-bond acceptors (Lipinski definition) is 3. The van der Waals surface area contributed by atoms with E-state index in [1.165, 1.54) is 12.1 Å². The van der Waals surface area contributed by atoms with Gasteiger partial charge in [0.25, 0.3) is 0 Å². The van der Waals surface area contributed by atoms with Crippen molar-refractivity contribution in [2.45, 2.75) is 32.2 Å². The van der Waals surface area contributed by atoms with Crippen molar-refractivity contribution in [3.05, 3.63) is 35.6 Å². The highest BCUT2D eigenvalue weighted by Gasteiger charge is 2.50. The normalized spacial score (nSPS) is 28.4. The van der Waals surface area contributed by atoms with Gasteiger partial charge >= 0.3 is 0 Å². The minimum absolute atomic E-state index is 0.196.